The summed E-state index contributed by atoms with van der Waals surface area (Å²) in [7, 11) is 1.76. The molecule has 0 aliphatic rings. The van der Waals surface area contributed by atoms with Crippen molar-refractivity contribution in [1.29, 1.82) is 0 Å². The highest BCUT2D eigenvalue weighted by molar-refractivity contribution is 6.02. The van der Waals surface area contributed by atoms with Crippen molar-refractivity contribution >= 4 is 11.6 Å². The molecule has 0 radical (unpaired) electrons. The van der Waals surface area contributed by atoms with Crippen LogP contribution in [0.15, 0.2) is 30.7 Å². The maximum absolute atomic E-state index is 13.6. The standard InChI is InChI=1S/C15H14FN3O2/c1-19-9-14(17-10-19)15(21)18-12-5-6-13(16)11(8-12)4-2-3-7-20/h5-6,8-10,20H,3,7H2,1H3,(H,18,21). The number of benzene rings is 1. The quantitative estimate of drug-likeness (QED) is 0.842. The summed E-state index contributed by atoms with van der Waals surface area (Å²) in [5, 5.41) is 11.3. The second-order valence-electron chi connectivity index (χ2n) is 4.35. The van der Waals surface area contributed by atoms with Crippen LogP contribution in [0.3, 0.4) is 0 Å². The van der Waals surface area contributed by atoms with Crippen molar-refractivity contribution < 1.29 is 14.3 Å². The summed E-state index contributed by atoms with van der Waals surface area (Å²) in [6, 6.07) is 4.13. The van der Waals surface area contributed by atoms with Gasteiger partial charge in [0.2, 0.25) is 0 Å². The van der Waals surface area contributed by atoms with E-state index in [9.17, 15) is 9.18 Å². The van der Waals surface area contributed by atoms with Gasteiger partial charge in [0, 0.05) is 25.4 Å². The topological polar surface area (TPSA) is 67.2 Å². The van der Waals surface area contributed by atoms with Gasteiger partial charge in [-0.3, -0.25) is 4.79 Å². The fourth-order valence-electron chi connectivity index (χ4n) is 1.64. The molecule has 0 saturated carbocycles. The van der Waals surface area contributed by atoms with Crippen LogP contribution >= 0.6 is 0 Å². The minimum atomic E-state index is -0.476. The Morgan fingerprint density at radius 1 is 1.52 bits per heavy atom. The Kier molecular flexibility index (Phi) is 4.69. The van der Waals surface area contributed by atoms with Gasteiger partial charge < -0.3 is 15.0 Å². The van der Waals surface area contributed by atoms with Crippen molar-refractivity contribution in [2.45, 2.75) is 6.42 Å². The Balaban J connectivity index is 2.16. The van der Waals surface area contributed by atoms with Crippen LogP contribution < -0.4 is 5.32 Å². The third-order valence-corrected chi connectivity index (χ3v) is 2.62. The lowest BCUT2D eigenvalue weighted by Gasteiger charge is -2.04. The molecule has 2 aromatic rings. The van der Waals surface area contributed by atoms with E-state index in [0.717, 1.165) is 0 Å². The fraction of sp³-hybridized carbons (Fsp3) is 0.200. The molecule has 1 aromatic carbocycles. The zero-order valence-corrected chi connectivity index (χ0v) is 11.4. The first-order chi connectivity index (χ1) is 10.1. The number of carbonyl (C=O) groups is 1. The van der Waals surface area contributed by atoms with Gasteiger partial charge in [0.15, 0.2) is 0 Å². The van der Waals surface area contributed by atoms with Crippen LogP contribution in [0, 0.1) is 17.7 Å². The van der Waals surface area contributed by atoms with Crippen LogP contribution in [-0.4, -0.2) is 27.2 Å². The van der Waals surface area contributed by atoms with Crippen molar-refractivity contribution in [2.75, 3.05) is 11.9 Å². The van der Waals surface area contributed by atoms with Crippen molar-refractivity contribution in [1.82, 2.24) is 9.55 Å². The zero-order valence-electron chi connectivity index (χ0n) is 11.4. The average Bonchev–Trinajstić information content (AvgIpc) is 2.89. The first kappa shape index (κ1) is 14.8. The lowest BCUT2D eigenvalue weighted by molar-refractivity contribution is 0.102. The van der Waals surface area contributed by atoms with Gasteiger partial charge in [0.05, 0.1) is 18.5 Å². The maximum atomic E-state index is 13.6. The van der Waals surface area contributed by atoms with Gasteiger partial charge in [-0.1, -0.05) is 11.8 Å². The van der Waals surface area contributed by atoms with E-state index in [1.807, 2.05) is 0 Å². The number of nitrogens with one attached hydrogen (secondary N) is 1. The lowest BCUT2D eigenvalue weighted by atomic mass is 10.2. The molecule has 2 N–H and O–H groups in total. The van der Waals surface area contributed by atoms with Crippen molar-refractivity contribution in [3.8, 4) is 11.8 Å². The number of hydrogen-bond donors (Lipinski definition) is 2. The zero-order chi connectivity index (χ0) is 15.2. The summed E-state index contributed by atoms with van der Waals surface area (Å²) in [5.74, 6) is 4.40. The third-order valence-electron chi connectivity index (χ3n) is 2.62. The SMILES string of the molecule is Cn1cnc(C(=O)Nc2ccc(F)c(C#CCCO)c2)c1. The maximum Gasteiger partial charge on any atom is 0.275 e. The fourth-order valence-corrected chi connectivity index (χ4v) is 1.64. The molecule has 5 nitrogen and oxygen atoms in total. The number of hydrogen-bond acceptors (Lipinski definition) is 3. The molecule has 1 aromatic heterocycles. The van der Waals surface area contributed by atoms with Crippen molar-refractivity contribution in [3.05, 3.63) is 47.8 Å². The normalized spacial score (nSPS) is 9.86. The average molecular weight is 287 g/mol. The van der Waals surface area contributed by atoms with E-state index in [1.54, 1.807) is 17.8 Å². The molecular weight excluding hydrogens is 273 g/mol. The van der Waals surface area contributed by atoms with E-state index >= 15 is 0 Å². The van der Waals surface area contributed by atoms with Gasteiger partial charge in [-0.05, 0) is 18.2 Å². The Hall–Kier alpha value is -2.65. The Labute approximate surface area is 121 Å². The smallest absolute Gasteiger partial charge is 0.275 e. The molecule has 6 heteroatoms. The molecular formula is C15H14FN3O2. The van der Waals surface area contributed by atoms with E-state index in [1.165, 1.54) is 24.5 Å². The molecule has 0 saturated heterocycles. The van der Waals surface area contributed by atoms with E-state index in [2.05, 4.69) is 22.1 Å². The number of aromatic nitrogens is 2. The summed E-state index contributed by atoms with van der Waals surface area (Å²) < 4.78 is 15.2. The highest BCUT2D eigenvalue weighted by atomic mass is 19.1. The number of rotatable bonds is 3. The Bertz CT molecular complexity index is 713. The highest BCUT2D eigenvalue weighted by Gasteiger charge is 2.10. The van der Waals surface area contributed by atoms with Crippen molar-refractivity contribution in [2.24, 2.45) is 7.05 Å². The molecule has 0 fully saturated rings. The molecule has 0 spiro atoms. The molecule has 21 heavy (non-hydrogen) atoms. The molecule has 0 bridgehead atoms. The van der Waals surface area contributed by atoms with Gasteiger partial charge >= 0.3 is 0 Å². The third kappa shape index (κ3) is 3.91. The van der Waals surface area contributed by atoms with Crippen LogP contribution in [0.25, 0.3) is 0 Å². The first-order valence-electron chi connectivity index (χ1n) is 6.29. The van der Waals surface area contributed by atoms with E-state index in [4.69, 9.17) is 5.11 Å². The molecule has 0 unspecified atom stereocenters. The van der Waals surface area contributed by atoms with Crippen LogP contribution in [0.4, 0.5) is 10.1 Å². The second kappa shape index (κ2) is 6.68. The highest BCUT2D eigenvalue weighted by Crippen LogP contribution is 2.15. The number of aryl methyl sites for hydroxylation is 1. The van der Waals surface area contributed by atoms with E-state index < -0.39 is 5.82 Å². The number of aliphatic hydroxyl groups excluding tert-OH is 1. The Morgan fingerprint density at radius 2 is 2.33 bits per heavy atom. The van der Waals surface area contributed by atoms with Gasteiger partial charge in [0.25, 0.3) is 5.91 Å². The molecule has 0 aliphatic heterocycles. The van der Waals surface area contributed by atoms with Gasteiger partial charge in [0.1, 0.15) is 11.5 Å². The summed E-state index contributed by atoms with van der Waals surface area (Å²) in [6.45, 7) is -0.0786. The lowest BCUT2D eigenvalue weighted by Crippen LogP contribution is -2.12. The minimum absolute atomic E-state index is 0.0786. The monoisotopic (exact) mass is 287 g/mol. The Morgan fingerprint density at radius 3 is 3.00 bits per heavy atom. The van der Waals surface area contributed by atoms with Crippen LogP contribution in [0.1, 0.15) is 22.5 Å². The number of carbonyl (C=O) groups excluding carboxylic acids is 1. The minimum Gasteiger partial charge on any atom is -0.395 e. The van der Waals surface area contributed by atoms with Gasteiger partial charge in [-0.25, -0.2) is 9.37 Å². The predicted molar refractivity (Wildman–Crippen MR) is 76.1 cm³/mol. The van der Waals surface area contributed by atoms with Crippen LogP contribution in [0.5, 0.6) is 0 Å². The number of aliphatic hydroxyl groups is 1. The van der Waals surface area contributed by atoms with Crippen LogP contribution in [0.2, 0.25) is 0 Å². The number of halogens is 1. The molecule has 0 aliphatic carbocycles. The number of anilines is 1. The molecule has 2 rings (SSSR count). The van der Waals surface area contributed by atoms with Crippen LogP contribution in [-0.2, 0) is 7.05 Å². The van der Waals surface area contributed by atoms with Crippen molar-refractivity contribution in [3.63, 3.8) is 0 Å². The first-order valence-corrected chi connectivity index (χ1v) is 6.29. The molecule has 108 valence electrons. The summed E-state index contributed by atoms with van der Waals surface area (Å²) in [4.78, 5) is 15.9. The summed E-state index contributed by atoms with van der Waals surface area (Å²) in [5.41, 5.74) is 0.873. The number of imidazole rings is 1. The summed E-state index contributed by atoms with van der Waals surface area (Å²) >= 11 is 0. The van der Waals surface area contributed by atoms with Gasteiger partial charge in [-0.15, -0.1) is 0 Å². The summed E-state index contributed by atoms with van der Waals surface area (Å²) in [6.07, 6.45) is 3.37. The number of nitrogens with zero attached hydrogens (tertiary/aromatic N) is 2. The van der Waals surface area contributed by atoms with E-state index in [0.29, 0.717) is 5.69 Å². The van der Waals surface area contributed by atoms with Gasteiger partial charge in [-0.2, -0.15) is 0 Å². The second-order valence-corrected chi connectivity index (χ2v) is 4.35. The predicted octanol–water partition coefficient (Wildman–Crippen LogP) is 1.55. The van der Waals surface area contributed by atoms with E-state index in [-0.39, 0.29) is 30.2 Å². The number of amides is 1. The molecule has 1 heterocycles. The largest absolute Gasteiger partial charge is 0.395 e. The molecule has 1 amide bonds. The molecule has 0 atom stereocenters.